The fraction of sp³-hybridized carbons (Fsp3) is 0.846. The smallest absolute Gasteiger partial charge is 0.225 e. The molecule has 2 aliphatic heterocycles. The molecule has 100 valence electrons. The summed E-state index contributed by atoms with van der Waals surface area (Å²) in [6, 6.07) is 0. The maximum atomic E-state index is 11.9. The van der Waals surface area contributed by atoms with Gasteiger partial charge in [-0.2, -0.15) is 0 Å². The first kappa shape index (κ1) is 12.9. The van der Waals surface area contributed by atoms with Crippen molar-refractivity contribution in [1.82, 2.24) is 4.90 Å². The van der Waals surface area contributed by atoms with E-state index in [1.807, 2.05) is 23.5 Å². The molecule has 0 bridgehead atoms. The van der Waals surface area contributed by atoms with Crippen LogP contribution >= 0.6 is 23.5 Å². The molecule has 0 radical (unpaired) electrons. The summed E-state index contributed by atoms with van der Waals surface area (Å²) in [5, 5.41) is 0. The normalized spacial score (nSPS) is 25.3. The molecule has 0 unspecified atom stereocenters. The molecular formula is C13H20N2OS2. The Labute approximate surface area is 117 Å². The molecule has 0 atom stereocenters. The van der Waals surface area contributed by atoms with Crippen molar-refractivity contribution < 1.29 is 4.79 Å². The van der Waals surface area contributed by atoms with Crippen molar-refractivity contribution >= 4 is 33.8 Å². The average molecular weight is 284 g/mol. The molecule has 3 aliphatic rings. The molecule has 0 N–H and O–H groups in total. The van der Waals surface area contributed by atoms with Gasteiger partial charge in [0.1, 0.15) is 4.38 Å². The Kier molecular flexibility index (Phi) is 4.19. The van der Waals surface area contributed by atoms with E-state index < -0.39 is 0 Å². The average Bonchev–Trinajstić information content (AvgIpc) is 3.13. The second-order valence-corrected chi connectivity index (χ2v) is 7.70. The monoisotopic (exact) mass is 284 g/mol. The highest BCUT2D eigenvalue weighted by Gasteiger charge is 2.34. The number of hydrogen-bond donors (Lipinski definition) is 0. The second kappa shape index (κ2) is 5.87. The number of likely N-dealkylation sites (tertiary alicyclic amines) is 1. The van der Waals surface area contributed by atoms with Crippen LogP contribution in [0, 0.1) is 11.8 Å². The molecule has 1 saturated heterocycles. The lowest BCUT2D eigenvalue weighted by Gasteiger charge is -2.32. The number of aliphatic imine (C=N–C) groups is 1. The number of carbonyl (C=O) groups is 1. The fourth-order valence-electron chi connectivity index (χ4n) is 2.50. The first-order valence-electron chi connectivity index (χ1n) is 6.92. The molecule has 0 aromatic carbocycles. The quantitative estimate of drug-likeness (QED) is 0.798. The zero-order valence-electron chi connectivity index (χ0n) is 10.6. The molecule has 1 saturated carbocycles. The van der Waals surface area contributed by atoms with Crippen molar-refractivity contribution in [3.63, 3.8) is 0 Å². The number of nitrogens with zero attached hydrogens (tertiary/aromatic N) is 2. The van der Waals surface area contributed by atoms with E-state index in [0.717, 1.165) is 44.1 Å². The Balaban J connectivity index is 1.38. The van der Waals surface area contributed by atoms with Crippen LogP contribution in [0.15, 0.2) is 4.99 Å². The van der Waals surface area contributed by atoms with E-state index >= 15 is 0 Å². The number of rotatable bonds is 3. The summed E-state index contributed by atoms with van der Waals surface area (Å²) < 4.78 is 1.28. The van der Waals surface area contributed by atoms with Crippen molar-refractivity contribution in [2.24, 2.45) is 16.8 Å². The van der Waals surface area contributed by atoms with E-state index in [4.69, 9.17) is 0 Å². The lowest BCUT2D eigenvalue weighted by atomic mass is 9.98. The summed E-state index contributed by atoms with van der Waals surface area (Å²) in [5.74, 6) is 3.95. The van der Waals surface area contributed by atoms with E-state index in [2.05, 4.69) is 9.89 Å². The highest BCUT2D eigenvalue weighted by atomic mass is 32.2. The summed E-state index contributed by atoms with van der Waals surface area (Å²) in [4.78, 5) is 18.5. The molecule has 1 amide bonds. The Morgan fingerprint density at radius 2 is 2.11 bits per heavy atom. The predicted octanol–water partition coefficient (Wildman–Crippen LogP) is 2.47. The fourth-order valence-corrected chi connectivity index (χ4v) is 4.72. The molecule has 3 rings (SSSR count). The van der Waals surface area contributed by atoms with Gasteiger partial charge in [-0.05, 0) is 31.6 Å². The molecule has 0 spiro atoms. The second-order valence-electron chi connectivity index (χ2n) is 5.35. The van der Waals surface area contributed by atoms with Crippen LogP contribution in [0.5, 0.6) is 0 Å². The van der Waals surface area contributed by atoms with Gasteiger partial charge in [-0.1, -0.05) is 23.5 Å². The van der Waals surface area contributed by atoms with Crippen LogP contribution in [0.25, 0.3) is 0 Å². The molecule has 2 heterocycles. The van der Waals surface area contributed by atoms with Crippen LogP contribution in [0.2, 0.25) is 0 Å². The number of piperidine rings is 1. The van der Waals surface area contributed by atoms with Crippen molar-refractivity contribution in [2.45, 2.75) is 25.7 Å². The number of thioether (sulfide) groups is 2. The standard InChI is InChI=1S/C13H20N2OS2/c16-12(11-1-2-11)15-6-3-10(4-7-15)9-18-13-14-5-8-17-13/h10-11H,1-9H2. The van der Waals surface area contributed by atoms with Gasteiger partial charge in [0.05, 0.1) is 6.54 Å². The Bertz CT molecular complexity index is 347. The SMILES string of the molecule is O=C(C1CC1)N1CCC(CSC2=NCCS2)CC1. The van der Waals surface area contributed by atoms with Gasteiger partial charge < -0.3 is 4.90 Å². The van der Waals surface area contributed by atoms with Gasteiger partial charge in [-0.15, -0.1) is 0 Å². The molecule has 0 aromatic heterocycles. The topological polar surface area (TPSA) is 32.7 Å². The summed E-state index contributed by atoms with van der Waals surface area (Å²) in [6.07, 6.45) is 4.63. The maximum absolute atomic E-state index is 11.9. The summed E-state index contributed by atoms with van der Waals surface area (Å²) in [5.41, 5.74) is 0. The van der Waals surface area contributed by atoms with Crippen LogP contribution in [-0.2, 0) is 4.79 Å². The van der Waals surface area contributed by atoms with Gasteiger partial charge in [-0.3, -0.25) is 9.79 Å². The number of amides is 1. The molecule has 2 fully saturated rings. The van der Waals surface area contributed by atoms with E-state index in [1.165, 1.54) is 23.0 Å². The highest BCUT2D eigenvalue weighted by molar-refractivity contribution is 8.39. The molecule has 0 aromatic rings. The Hall–Kier alpha value is -0.160. The first-order valence-corrected chi connectivity index (χ1v) is 8.89. The van der Waals surface area contributed by atoms with Gasteiger partial charge in [0, 0.05) is 30.5 Å². The van der Waals surface area contributed by atoms with Gasteiger partial charge in [-0.25, -0.2) is 0 Å². The third-order valence-corrected chi connectivity index (χ3v) is 6.34. The zero-order valence-corrected chi connectivity index (χ0v) is 12.3. The number of carbonyl (C=O) groups excluding carboxylic acids is 1. The van der Waals surface area contributed by atoms with Crippen molar-refractivity contribution in [3.8, 4) is 0 Å². The predicted molar refractivity (Wildman–Crippen MR) is 79.2 cm³/mol. The zero-order chi connectivity index (χ0) is 12.4. The minimum Gasteiger partial charge on any atom is -0.342 e. The van der Waals surface area contributed by atoms with Crippen LogP contribution in [-0.4, -0.2) is 46.3 Å². The Morgan fingerprint density at radius 3 is 2.72 bits per heavy atom. The van der Waals surface area contributed by atoms with Crippen LogP contribution in [0.1, 0.15) is 25.7 Å². The van der Waals surface area contributed by atoms with E-state index in [1.54, 1.807) is 0 Å². The molecular weight excluding hydrogens is 264 g/mol. The minimum atomic E-state index is 0.389. The molecule has 1 aliphatic carbocycles. The van der Waals surface area contributed by atoms with Gasteiger partial charge >= 0.3 is 0 Å². The van der Waals surface area contributed by atoms with Crippen LogP contribution in [0.4, 0.5) is 0 Å². The highest BCUT2D eigenvalue weighted by Crippen LogP contribution is 2.33. The van der Waals surface area contributed by atoms with Crippen LogP contribution < -0.4 is 0 Å². The largest absolute Gasteiger partial charge is 0.342 e. The summed E-state index contributed by atoms with van der Waals surface area (Å²) in [7, 11) is 0. The number of hydrogen-bond acceptors (Lipinski definition) is 4. The summed E-state index contributed by atoms with van der Waals surface area (Å²) in [6.45, 7) is 2.97. The van der Waals surface area contributed by atoms with Gasteiger partial charge in [0.2, 0.25) is 5.91 Å². The molecule has 3 nitrogen and oxygen atoms in total. The van der Waals surface area contributed by atoms with Crippen molar-refractivity contribution in [3.05, 3.63) is 0 Å². The minimum absolute atomic E-state index is 0.389. The van der Waals surface area contributed by atoms with Crippen LogP contribution in [0.3, 0.4) is 0 Å². The maximum Gasteiger partial charge on any atom is 0.225 e. The first-order chi connectivity index (χ1) is 8.83. The van der Waals surface area contributed by atoms with Gasteiger partial charge in [0.15, 0.2) is 0 Å². The molecule has 5 heteroatoms. The molecule has 18 heavy (non-hydrogen) atoms. The van der Waals surface area contributed by atoms with Crippen molar-refractivity contribution in [1.29, 1.82) is 0 Å². The van der Waals surface area contributed by atoms with Crippen molar-refractivity contribution in [2.75, 3.05) is 31.1 Å². The van der Waals surface area contributed by atoms with E-state index in [-0.39, 0.29) is 0 Å². The Morgan fingerprint density at radius 1 is 1.33 bits per heavy atom. The van der Waals surface area contributed by atoms with Gasteiger partial charge in [0.25, 0.3) is 0 Å². The third-order valence-electron chi connectivity index (χ3n) is 3.85. The summed E-state index contributed by atoms with van der Waals surface area (Å²) >= 11 is 3.83. The van der Waals surface area contributed by atoms with E-state index in [9.17, 15) is 4.79 Å². The van der Waals surface area contributed by atoms with E-state index in [0.29, 0.717) is 11.8 Å². The lowest BCUT2D eigenvalue weighted by Crippen LogP contribution is -2.39. The lowest BCUT2D eigenvalue weighted by molar-refractivity contribution is -0.133. The third kappa shape index (κ3) is 3.23.